The monoisotopic (exact) mass is 407 g/mol. The van der Waals surface area contributed by atoms with Gasteiger partial charge in [0, 0.05) is 24.1 Å². The van der Waals surface area contributed by atoms with Crippen LogP contribution >= 0.6 is 23.5 Å². The lowest BCUT2D eigenvalue weighted by Gasteiger charge is -2.51. The molecule has 1 aliphatic rings. The molecule has 2 aromatic rings. The van der Waals surface area contributed by atoms with Gasteiger partial charge in [-0.25, -0.2) is 0 Å². The second kappa shape index (κ2) is 7.07. The molecule has 8 heteroatoms. The van der Waals surface area contributed by atoms with Crippen LogP contribution in [0, 0.1) is 5.92 Å². The highest BCUT2D eigenvalue weighted by Gasteiger charge is 2.61. The molecule has 0 aliphatic carbocycles. The molecule has 3 atom stereocenters. The fourth-order valence-corrected chi connectivity index (χ4v) is 6.02. The smallest absolute Gasteiger partial charge is 0.278 e. The Bertz CT molecular complexity index is 884. The number of carbonyl (C=O) groups excluding carboxylic acids is 2. The zero-order valence-electron chi connectivity index (χ0n) is 16.1. The number of rotatable bonds is 5. The predicted octanol–water partition coefficient (Wildman–Crippen LogP) is 2.56. The molecule has 1 aromatic carbocycles. The van der Waals surface area contributed by atoms with Crippen molar-refractivity contribution in [2.75, 3.05) is 19.6 Å². The summed E-state index contributed by atoms with van der Waals surface area (Å²) in [5, 5.41) is 14.3. The number of carbonyl (C=O) groups is 2. The van der Waals surface area contributed by atoms with Crippen LogP contribution in [-0.4, -0.2) is 57.0 Å². The third-order valence-electron chi connectivity index (χ3n) is 5.37. The molecular weight excluding hydrogens is 382 g/mol. The number of aliphatic hydroxyl groups is 1. The van der Waals surface area contributed by atoms with Crippen molar-refractivity contribution in [2.45, 2.75) is 29.7 Å². The maximum Gasteiger partial charge on any atom is 0.278 e. The van der Waals surface area contributed by atoms with E-state index in [1.54, 1.807) is 19.5 Å². The van der Waals surface area contributed by atoms with Crippen molar-refractivity contribution in [1.82, 2.24) is 15.2 Å². The topological polar surface area (TPSA) is 85.4 Å². The first kappa shape index (κ1) is 20.1. The highest BCUT2D eigenvalue weighted by molar-refractivity contribution is 8.00. The molecule has 3 N–H and O–H groups in total. The van der Waals surface area contributed by atoms with E-state index in [0.717, 1.165) is 16.5 Å². The summed E-state index contributed by atoms with van der Waals surface area (Å²) >= 11 is 2.64. The number of amides is 2. The molecule has 1 aliphatic heterocycles. The lowest BCUT2D eigenvalue weighted by atomic mass is 9.91. The summed E-state index contributed by atoms with van der Waals surface area (Å²) in [5.74, 6) is -0.977. The zero-order valence-corrected chi connectivity index (χ0v) is 17.7. The van der Waals surface area contributed by atoms with Crippen molar-refractivity contribution in [3.05, 3.63) is 36.0 Å². The number of H-pyrrole nitrogens is 1. The van der Waals surface area contributed by atoms with Crippen LogP contribution in [0.4, 0.5) is 0 Å². The minimum Gasteiger partial charge on any atom is -0.362 e. The Morgan fingerprint density at radius 2 is 1.85 bits per heavy atom. The van der Waals surface area contributed by atoms with Gasteiger partial charge in [-0.2, -0.15) is 11.8 Å². The van der Waals surface area contributed by atoms with Crippen molar-refractivity contribution < 1.29 is 14.7 Å². The molecule has 0 unspecified atom stereocenters. The molecule has 0 radical (unpaired) electrons. The van der Waals surface area contributed by atoms with Gasteiger partial charge in [0.25, 0.3) is 11.8 Å². The Kier molecular flexibility index (Phi) is 5.26. The highest BCUT2D eigenvalue weighted by atomic mass is 32.2. The minimum atomic E-state index is -2.02. The molecule has 146 valence electrons. The molecule has 2 amide bonds. The SMILES string of the molecule is CS[C@H](c1c[nH]c2ccccc12)[C@]1(O)NC(=O)[C@@](SC)(C(C)C)N(C)C1=O. The fourth-order valence-electron chi connectivity index (χ4n) is 4.00. The van der Waals surface area contributed by atoms with Crippen molar-refractivity contribution in [3.63, 3.8) is 0 Å². The molecule has 0 spiro atoms. The highest BCUT2D eigenvalue weighted by Crippen LogP contribution is 2.46. The number of para-hydroxylation sites is 1. The average molecular weight is 408 g/mol. The number of piperazine rings is 1. The van der Waals surface area contributed by atoms with Gasteiger partial charge < -0.3 is 20.3 Å². The van der Waals surface area contributed by atoms with E-state index in [1.165, 1.54) is 28.4 Å². The third-order valence-corrected chi connectivity index (χ3v) is 7.99. The van der Waals surface area contributed by atoms with Crippen LogP contribution in [0.25, 0.3) is 10.9 Å². The molecular formula is C19H25N3O3S2. The van der Waals surface area contributed by atoms with Crippen LogP contribution in [0.15, 0.2) is 30.5 Å². The first-order chi connectivity index (χ1) is 12.7. The van der Waals surface area contributed by atoms with Gasteiger partial charge >= 0.3 is 0 Å². The van der Waals surface area contributed by atoms with Crippen LogP contribution < -0.4 is 5.32 Å². The van der Waals surface area contributed by atoms with Gasteiger partial charge in [-0.15, -0.1) is 11.8 Å². The fraction of sp³-hybridized carbons (Fsp3) is 0.474. The molecule has 2 heterocycles. The number of nitrogens with one attached hydrogen (secondary N) is 2. The Balaban J connectivity index is 2.09. The minimum absolute atomic E-state index is 0.119. The van der Waals surface area contributed by atoms with E-state index < -0.39 is 21.8 Å². The Morgan fingerprint density at radius 1 is 1.19 bits per heavy atom. The first-order valence-corrected chi connectivity index (χ1v) is 11.2. The summed E-state index contributed by atoms with van der Waals surface area (Å²) < 4.78 is 0. The Labute approximate surface area is 167 Å². The third kappa shape index (κ3) is 2.77. The van der Waals surface area contributed by atoms with E-state index in [1.807, 2.05) is 44.4 Å². The molecule has 1 aromatic heterocycles. The van der Waals surface area contributed by atoms with E-state index in [4.69, 9.17) is 0 Å². The van der Waals surface area contributed by atoms with Crippen molar-refractivity contribution in [3.8, 4) is 0 Å². The van der Waals surface area contributed by atoms with Crippen LogP contribution in [0.3, 0.4) is 0 Å². The molecule has 3 rings (SSSR count). The lowest BCUT2D eigenvalue weighted by molar-refractivity contribution is -0.174. The number of nitrogens with zero attached hydrogens (tertiary/aromatic N) is 1. The van der Waals surface area contributed by atoms with Gasteiger partial charge in [-0.1, -0.05) is 32.0 Å². The van der Waals surface area contributed by atoms with Crippen molar-refractivity contribution >= 4 is 46.2 Å². The summed E-state index contributed by atoms with van der Waals surface area (Å²) in [6.07, 6.45) is 5.42. The molecule has 27 heavy (non-hydrogen) atoms. The van der Waals surface area contributed by atoms with Crippen molar-refractivity contribution in [2.24, 2.45) is 5.92 Å². The van der Waals surface area contributed by atoms with Gasteiger partial charge in [-0.3, -0.25) is 9.59 Å². The Hall–Kier alpha value is -1.64. The Morgan fingerprint density at radius 3 is 2.44 bits per heavy atom. The van der Waals surface area contributed by atoms with E-state index in [0.29, 0.717) is 0 Å². The lowest BCUT2D eigenvalue weighted by Crippen LogP contribution is -2.76. The normalized spacial score (nSPS) is 27.3. The van der Waals surface area contributed by atoms with E-state index >= 15 is 0 Å². The number of hydrogen-bond donors (Lipinski definition) is 3. The van der Waals surface area contributed by atoms with Crippen LogP contribution in [-0.2, 0) is 9.59 Å². The number of fused-ring (bicyclic) bond motifs is 1. The van der Waals surface area contributed by atoms with Gasteiger partial charge in [0.1, 0.15) is 0 Å². The molecule has 6 nitrogen and oxygen atoms in total. The van der Waals surface area contributed by atoms with Gasteiger partial charge in [-0.05, 0) is 30.1 Å². The van der Waals surface area contributed by atoms with Crippen LogP contribution in [0.5, 0.6) is 0 Å². The standard InChI is InChI=1S/C19H25N3O3S2/c1-11(2)19(27-5)16(23)21-18(25,17(24)22(19)3)15(26-4)13-10-20-14-9-7-6-8-12(13)14/h6-11,15,20,25H,1-5H3,(H,21,23)/t15-,18-,19+/m1/s1. The maximum absolute atomic E-state index is 13.3. The zero-order chi connectivity index (χ0) is 20.0. The van der Waals surface area contributed by atoms with Gasteiger partial charge in [0.2, 0.25) is 5.72 Å². The molecule has 0 bridgehead atoms. The summed E-state index contributed by atoms with van der Waals surface area (Å²) in [6.45, 7) is 3.80. The number of hydrogen-bond acceptors (Lipinski definition) is 5. The number of thioether (sulfide) groups is 2. The van der Waals surface area contributed by atoms with Crippen molar-refractivity contribution in [1.29, 1.82) is 0 Å². The van der Waals surface area contributed by atoms with E-state index in [-0.39, 0.29) is 11.8 Å². The summed E-state index contributed by atoms with van der Waals surface area (Å²) in [7, 11) is 1.59. The number of benzene rings is 1. The number of likely N-dealkylation sites (N-methyl/N-ethyl adjacent to an activating group) is 1. The van der Waals surface area contributed by atoms with Gasteiger partial charge in [0.05, 0.1) is 5.25 Å². The quantitative estimate of drug-likeness (QED) is 0.709. The second-order valence-electron chi connectivity index (χ2n) is 7.05. The summed E-state index contributed by atoms with van der Waals surface area (Å²) in [5.41, 5.74) is -0.327. The predicted molar refractivity (Wildman–Crippen MR) is 112 cm³/mol. The van der Waals surface area contributed by atoms with E-state index in [2.05, 4.69) is 10.3 Å². The maximum atomic E-state index is 13.3. The summed E-state index contributed by atoms with van der Waals surface area (Å²) in [4.78, 5) is 30.0. The number of aromatic amines is 1. The number of aromatic nitrogens is 1. The second-order valence-corrected chi connectivity index (χ2v) is 9.02. The average Bonchev–Trinajstić information content (AvgIpc) is 3.05. The van der Waals surface area contributed by atoms with E-state index in [9.17, 15) is 14.7 Å². The summed E-state index contributed by atoms with van der Waals surface area (Å²) in [6, 6.07) is 7.70. The van der Waals surface area contributed by atoms with Gasteiger partial charge in [0.15, 0.2) is 4.87 Å². The first-order valence-electron chi connectivity index (χ1n) is 8.71. The molecule has 1 saturated heterocycles. The largest absolute Gasteiger partial charge is 0.362 e. The molecule has 1 fully saturated rings. The molecule has 0 saturated carbocycles. The van der Waals surface area contributed by atoms with Crippen LogP contribution in [0.2, 0.25) is 0 Å². The van der Waals surface area contributed by atoms with Crippen LogP contribution in [0.1, 0.15) is 24.7 Å².